The zero-order valence-corrected chi connectivity index (χ0v) is 15.5. The molecule has 0 bridgehead atoms. The molecule has 0 saturated carbocycles. The number of hydrogen-bond acceptors (Lipinski definition) is 7. The fraction of sp³-hybridized carbons (Fsp3) is 0.400. The third-order valence-corrected chi connectivity index (χ3v) is 5.36. The monoisotopic (exact) mass is 418 g/mol. The molecule has 0 aliphatic carbocycles. The third-order valence-electron chi connectivity index (χ3n) is 4.21. The maximum Gasteiger partial charge on any atom is 0.328 e. The zero-order valence-electron chi connectivity index (χ0n) is 14.6. The molecule has 28 heavy (non-hydrogen) atoms. The number of halogens is 2. The van der Waals surface area contributed by atoms with Crippen molar-refractivity contribution in [1.29, 1.82) is 0 Å². The van der Waals surface area contributed by atoms with Gasteiger partial charge in [0.1, 0.15) is 4.75 Å². The highest BCUT2D eigenvalue weighted by Gasteiger charge is 2.52. The lowest BCUT2D eigenvalue weighted by atomic mass is 9.92. The van der Waals surface area contributed by atoms with Crippen molar-refractivity contribution in [3.8, 4) is 0 Å². The first-order valence-corrected chi connectivity index (χ1v) is 9.02. The van der Waals surface area contributed by atoms with Crippen molar-refractivity contribution in [2.75, 3.05) is 0 Å². The van der Waals surface area contributed by atoms with Crippen LogP contribution in [0.3, 0.4) is 0 Å². The lowest BCUT2D eigenvalue weighted by Crippen LogP contribution is -2.66. The number of amides is 2. The SMILES string of the molecule is C[C@@H]1CC(=O)N1[C@@H](C(=O)O)[C@](C)(/C=N/NC(=O)c1nc(F)ccc1F)[SH](=O)=O. The van der Waals surface area contributed by atoms with E-state index in [1.807, 2.05) is 0 Å². The molecule has 152 valence electrons. The van der Waals surface area contributed by atoms with Crippen LogP contribution >= 0.6 is 0 Å². The van der Waals surface area contributed by atoms with Gasteiger partial charge in [0, 0.05) is 18.7 Å². The van der Waals surface area contributed by atoms with Crippen LogP contribution in [0.5, 0.6) is 0 Å². The highest BCUT2D eigenvalue weighted by molar-refractivity contribution is 7.75. The summed E-state index contributed by atoms with van der Waals surface area (Å²) in [4.78, 5) is 39.2. The number of aromatic nitrogens is 1. The number of carboxylic acids is 1. The number of pyridine rings is 1. The molecule has 1 aromatic heterocycles. The normalized spacial score (nSPS) is 20.0. The van der Waals surface area contributed by atoms with E-state index in [2.05, 4.69) is 10.1 Å². The minimum Gasteiger partial charge on any atom is -0.480 e. The Morgan fingerprint density at radius 3 is 2.61 bits per heavy atom. The summed E-state index contributed by atoms with van der Waals surface area (Å²) in [6.45, 7) is 2.55. The molecular formula is C15H16F2N4O6S. The van der Waals surface area contributed by atoms with Crippen molar-refractivity contribution in [3.63, 3.8) is 0 Å². The number of rotatable bonds is 7. The van der Waals surface area contributed by atoms with Gasteiger partial charge in [-0.05, 0) is 26.0 Å². The lowest BCUT2D eigenvalue weighted by Gasteiger charge is -2.45. The second kappa shape index (κ2) is 7.96. The van der Waals surface area contributed by atoms with Crippen LogP contribution < -0.4 is 5.43 Å². The Bertz CT molecular complexity index is 929. The van der Waals surface area contributed by atoms with Crippen molar-refractivity contribution in [2.24, 2.45) is 5.10 Å². The minimum atomic E-state index is -3.48. The summed E-state index contributed by atoms with van der Waals surface area (Å²) >= 11 is 0. The predicted molar refractivity (Wildman–Crippen MR) is 91.2 cm³/mol. The number of thiol groups is 1. The van der Waals surface area contributed by atoms with Crippen LogP contribution in [0, 0.1) is 11.8 Å². The molecule has 1 aromatic rings. The molecule has 0 unspecified atom stereocenters. The summed E-state index contributed by atoms with van der Waals surface area (Å²) in [6.07, 6.45) is 0.679. The van der Waals surface area contributed by atoms with Crippen molar-refractivity contribution >= 4 is 34.7 Å². The van der Waals surface area contributed by atoms with E-state index in [9.17, 15) is 36.7 Å². The summed E-state index contributed by atoms with van der Waals surface area (Å²) in [5.41, 5.74) is 0.842. The van der Waals surface area contributed by atoms with Gasteiger partial charge in [0.2, 0.25) is 11.9 Å². The van der Waals surface area contributed by atoms with Crippen LogP contribution in [0.25, 0.3) is 0 Å². The van der Waals surface area contributed by atoms with E-state index in [4.69, 9.17) is 0 Å². The van der Waals surface area contributed by atoms with Gasteiger partial charge in [0.05, 0.1) is 0 Å². The molecule has 2 rings (SSSR count). The second-order valence-corrected chi connectivity index (χ2v) is 7.72. The number of carbonyl (C=O) groups is 3. The van der Waals surface area contributed by atoms with Gasteiger partial charge in [0.25, 0.3) is 5.91 Å². The standard InChI is InChI=1S/C15H16F2N4O6S/c1-7-5-10(22)21(7)12(14(24)25)15(2,28(26)27)6-18-20-13(23)11-8(16)3-4-9(17)19-11/h3-4,6-7,12,28H,5H2,1-2H3,(H,20,23)(H,24,25)/b18-6+/t7-,12+,15+/m1/s1. The van der Waals surface area contributed by atoms with Gasteiger partial charge in [-0.2, -0.15) is 9.49 Å². The van der Waals surface area contributed by atoms with E-state index in [0.717, 1.165) is 11.8 Å². The molecule has 0 aromatic carbocycles. The fourth-order valence-electron chi connectivity index (χ4n) is 2.71. The van der Waals surface area contributed by atoms with Gasteiger partial charge in [-0.15, -0.1) is 0 Å². The van der Waals surface area contributed by atoms with Crippen LogP contribution in [-0.2, 0) is 20.3 Å². The molecule has 2 amide bonds. The highest BCUT2D eigenvalue weighted by Crippen LogP contribution is 2.29. The molecule has 0 spiro atoms. The zero-order chi connectivity index (χ0) is 21.2. The van der Waals surface area contributed by atoms with Crippen LogP contribution in [0.15, 0.2) is 17.2 Å². The average Bonchev–Trinajstić information content (AvgIpc) is 2.60. The first-order valence-electron chi connectivity index (χ1n) is 7.84. The molecule has 2 N–H and O–H groups in total. The number of nitrogens with one attached hydrogen (secondary N) is 1. The van der Waals surface area contributed by atoms with Gasteiger partial charge in [0.15, 0.2) is 28.3 Å². The summed E-state index contributed by atoms with van der Waals surface area (Å²) in [6, 6.07) is -0.945. The molecule has 1 fully saturated rings. The Hall–Kier alpha value is -2.96. The van der Waals surface area contributed by atoms with E-state index in [1.54, 1.807) is 12.3 Å². The Balaban J connectivity index is 2.29. The lowest BCUT2D eigenvalue weighted by molar-refractivity contribution is -0.161. The number of carbonyl (C=O) groups excluding carboxylic acids is 2. The van der Waals surface area contributed by atoms with E-state index < -0.39 is 62.8 Å². The fourth-order valence-corrected chi connectivity index (χ4v) is 3.30. The minimum absolute atomic E-state index is 0.0634. The molecule has 2 heterocycles. The van der Waals surface area contributed by atoms with E-state index in [1.165, 1.54) is 0 Å². The Morgan fingerprint density at radius 1 is 1.46 bits per heavy atom. The second-order valence-electron chi connectivity index (χ2n) is 6.24. The molecule has 1 aliphatic rings. The Kier molecular flexibility index (Phi) is 6.07. The summed E-state index contributed by atoms with van der Waals surface area (Å²) in [5.74, 6) is -5.69. The number of likely N-dealkylation sites (tertiary alicyclic amines) is 1. The molecule has 1 aliphatic heterocycles. The maximum atomic E-state index is 13.5. The molecule has 3 atom stereocenters. The van der Waals surface area contributed by atoms with E-state index in [0.29, 0.717) is 18.3 Å². The van der Waals surface area contributed by atoms with Crippen molar-refractivity contribution in [1.82, 2.24) is 15.3 Å². The van der Waals surface area contributed by atoms with Crippen LogP contribution in [0.1, 0.15) is 30.8 Å². The highest BCUT2D eigenvalue weighted by atomic mass is 32.2. The molecule has 0 radical (unpaired) electrons. The summed E-state index contributed by atoms with van der Waals surface area (Å²) in [7, 11) is -3.48. The first kappa shape index (κ1) is 21.3. The maximum absolute atomic E-state index is 13.5. The Labute approximate surface area is 159 Å². The van der Waals surface area contributed by atoms with Gasteiger partial charge in [-0.3, -0.25) is 9.59 Å². The number of β-lactam (4-membered cyclic amide) rings is 1. The first-order chi connectivity index (χ1) is 13.0. The number of nitrogens with zero attached hydrogens (tertiary/aromatic N) is 3. The van der Waals surface area contributed by atoms with Gasteiger partial charge in [-0.25, -0.2) is 28.0 Å². The van der Waals surface area contributed by atoms with Gasteiger partial charge in [-0.1, -0.05) is 0 Å². The number of aliphatic carboxylic acids is 1. The number of carboxylic acid groups (broad SMARTS) is 1. The van der Waals surface area contributed by atoms with Crippen molar-refractivity contribution < 1.29 is 36.7 Å². The molecule has 1 saturated heterocycles. The average molecular weight is 418 g/mol. The molecule has 10 nitrogen and oxygen atoms in total. The van der Waals surface area contributed by atoms with E-state index in [-0.39, 0.29) is 6.42 Å². The van der Waals surface area contributed by atoms with Crippen molar-refractivity contribution in [3.05, 3.63) is 29.6 Å². The summed E-state index contributed by atoms with van der Waals surface area (Å²) < 4.78 is 47.9. The number of hydrazone groups is 1. The van der Waals surface area contributed by atoms with Crippen LogP contribution in [0.4, 0.5) is 8.78 Å². The van der Waals surface area contributed by atoms with Gasteiger partial charge < -0.3 is 10.0 Å². The third kappa shape index (κ3) is 3.98. The van der Waals surface area contributed by atoms with E-state index >= 15 is 0 Å². The van der Waals surface area contributed by atoms with Gasteiger partial charge >= 0.3 is 5.97 Å². The van der Waals surface area contributed by atoms with Crippen molar-refractivity contribution in [2.45, 2.75) is 37.1 Å². The summed E-state index contributed by atoms with van der Waals surface area (Å²) in [5, 5.41) is 12.8. The number of hydrogen-bond donors (Lipinski definition) is 3. The largest absolute Gasteiger partial charge is 0.480 e. The quantitative estimate of drug-likeness (QED) is 0.178. The van der Waals surface area contributed by atoms with Crippen LogP contribution in [-0.4, -0.2) is 64.2 Å². The molecule has 13 heteroatoms. The Morgan fingerprint density at radius 2 is 2.11 bits per heavy atom. The topological polar surface area (TPSA) is 146 Å². The molecular weight excluding hydrogens is 402 g/mol. The van der Waals surface area contributed by atoms with Crippen LogP contribution in [0.2, 0.25) is 0 Å². The smallest absolute Gasteiger partial charge is 0.328 e. The predicted octanol–water partition coefficient (Wildman–Crippen LogP) is -0.481.